The third kappa shape index (κ3) is 4.78. The quantitative estimate of drug-likeness (QED) is 0.699. The van der Waals surface area contributed by atoms with Gasteiger partial charge in [0.15, 0.2) is 0 Å². The van der Waals surface area contributed by atoms with Crippen LogP contribution in [-0.4, -0.2) is 40.8 Å². The largest absolute Gasteiger partial charge is 0.480 e. The van der Waals surface area contributed by atoms with Crippen molar-refractivity contribution in [3.05, 3.63) is 0 Å². The highest BCUT2D eigenvalue weighted by molar-refractivity contribution is 9.09. The minimum Gasteiger partial charge on any atom is -0.480 e. The van der Waals surface area contributed by atoms with E-state index in [1.54, 1.807) is 0 Å². The zero-order valence-corrected chi connectivity index (χ0v) is 7.80. The molecule has 0 saturated heterocycles. The van der Waals surface area contributed by atoms with E-state index >= 15 is 0 Å². The monoisotopic (exact) mass is 223 g/mol. The Morgan fingerprint density at radius 1 is 1.55 bits per heavy atom. The van der Waals surface area contributed by atoms with Crippen LogP contribution in [-0.2, 0) is 9.59 Å². The van der Waals surface area contributed by atoms with Gasteiger partial charge in [0.25, 0.3) is 0 Å². The molecule has 0 atom stereocenters. The molecule has 0 aromatic heterocycles. The van der Waals surface area contributed by atoms with Crippen LogP contribution in [0.1, 0.15) is 6.42 Å². The molecule has 0 aromatic rings. The summed E-state index contributed by atoms with van der Waals surface area (Å²) in [5, 5.41) is 8.86. The van der Waals surface area contributed by atoms with Gasteiger partial charge >= 0.3 is 5.97 Å². The van der Waals surface area contributed by atoms with Crippen LogP contribution in [0.4, 0.5) is 0 Å². The van der Waals surface area contributed by atoms with Gasteiger partial charge in [-0.25, -0.2) is 0 Å². The van der Waals surface area contributed by atoms with Gasteiger partial charge in [0, 0.05) is 18.8 Å². The van der Waals surface area contributed by atoms with E-state index in [1.165, 1.54) is 11.9 Å². The first-order valence-corrected chi connectivity index (χ1v) is 4.21. The molecule has 0 aliphatic carbocycles. The third-order valence-corrected chi connectivity index (χ3v) is 1.50. The predicted octanol–water partition coefficient (Wildman–Crippen LogP) is 0.314. The number of hydrogen-bond donors (Lipinski definition) is 1. The van der Waals surface area contributed by atoms with Crippen LogP contribution in [0, 0.1) is 0 Å². The van der Waals surface area contributed by atoms with Crippen molar-refractivity contribution in [2.24, 2.45) is 0 Å². The maximum absolute atomic E-state index is 10.9. The van der Waals surface area contributed by atoms with Crippen molar-refractivity contribution >= 4 is 27.8 Å². The molecule has 1 N–H and O–H groups in total. The summed E-state index contributed by atoms with van der Waals surface area (Å²) < 4.78 is 0. The average Bonchev–Trinajstić information content (AvgIpc) is 1.86. The maximum Gasteiger partial charge on any atom is 0.323 e. The van der Waals surface area contributed by atoms with Crippen molar-refractivity contribution in [3.63, 3.8) is 0 Å². The summed E-state index contributed by atoms with van der Waals surface area (Å²) in [5.41, 5.74) is 0. The van der Waals surface area contributed by atoms with E-state index in [4.69, 9.17) is 5.11 Å². The van der Waals surface area contributed by atoms with Gasteiger partial charge in [-0.1, -0.05) is 15.9 Å². The molecule has 0 aromatic carbocycles. The number of carbonyl (C=O) groups excluding carboxylic acids is 1. The van der Waals surface area contributed by atoms with Gasteiger partial charge in [0.2, 0.25) is 5.91 Å². The number of halogens is 1. The Hall–Kier alpha value is -0.580. The number of aliphatic carboxylic acids is 1. The summed E-state index contributed by atoms with van der Waals surface area (Å²) in [6.45, 7) is -0.230. The minimum atomic E-state index is -0.990. The van der Waals surface area contributed by atoms with Gasteiger partial charge in [0.05, 0.1) is 0 Å². The fourth-order valence-corrected chi connectivity index (χ4v) is 0.902. The molecule has 0 unspecified atom stereocenters. The molecule has 0 aliphatic rings. The van der Waals surface area contributed by atoms with Gasteiger partial charge < -0.3 is 10.0 Å². The van der Waals surface area contributed by atoms with E-state index in [2.05, 4.69) is 15.9 Å². The minimum absolute atomic E-state index is 0.163. The van der Waals surface area contributed by atoms with E-state index < -0.39 is 5.97 Å². The van der Waals surface area contributed by atoms with Gasteiger partial charge in [0.1, 0.15) is 6.54 Å². The molecule has 0 heterocycles. The Morgan fingerprint density at radius 2 is 2.09 bits per heavy atom. The van der Waals surface area contributed by atoms with Crippen LogP contribution in [0.25, 0.3) is 0 Å². The molecule has 4 nitrogen and oxygen atoms in total. The van der Waals surface area contributed by atoms with Crippen LogP contribution in [0.15, 0.2) is 0 Å². The number of carbonyl (C=O) groups is 2. The van der Waals surface area contributed by atoms with Gasteiger partial charge in [-0.15, -0.1) is 0 Å². The molecular formula is C6H10BrNO3. The van der Waals surface area contributed by atoms with E-state index in [-0.39, 0.29) is 12.5 Å². The van der Waals surface area contributed by atoms with Gasteiger partial charge in [-0.3, -0.25) is 9.59 Å². The summed E-state index contributed by atoms with van der Waals surface area (Å²) in [5.74, 6) is -1.15. The smallest absolute Gasteiger partial charge is 0.323 e. The SMILES string of the molecule is CN(CC(=O)O)C(=O)CCBr. The molecule has 0 spiro atoms. The maximum atomic E-state index is 10.9. The van der Waals surface area contributed by atoms with Crippen molar-refractivity contribution < 1.29 is 14.7 Å². The summed E-state index contributed by atoms with van der Waals surface area (Å²) >= 11 is 3.09. The third-order valence-electron chi connectivity index (χ3n) is 1.11. The number of likely N-dealkylation sites (N-methyl/N-ethyl adjacent to an activating group) is 1. The topological polar surface area (TPSA) is 57.6 Å². The fourth-order valence-electron chi connectivity index (χ4n) is 0.563. The molecule has 11 heavy (non-hydrogen) atoms. The lowest BCUT2D eigenvalue weighted by Crippen LogP contribution is -2.31. The van der Waals surface area contributed by atoms with Crippen LogP contribution in [0.3, 0.4) is 0 Å². The van der Waals surface area contributed by atoms with Crippen molar-refractivity contribution in [2.45, 2.75) is 6.42 Å². The number of nitrogens with zero attached hydrogens (tertiary/aromatic N) is 1. The van der Waals surface area contributed by atoms with E-state index in [0.29, 0.717) is 11.8 Å². The number of carboxylic acids is 1. The molecule has 5 heteroatoms. The highest BCUT2D eigenvalue weighted by Gasteiger charge is 2.09. The second-order valence-electron chi connectivity index (χ2n) is 2.08. The number of amides is 1. The van der Waals surface area contributed by atoms with Crippen LogP contribution in [0.5, 0.6) is 0 Å². The zero-order valence-electron chi connectivity index (χ0n) is 6.21. The van der Waals surface area contributed by atoms with Gasteiger partial charge in [-0.05, 0) is 0 Å². The van der Waals surface area contributed by atoms with Crippen LogP contribution < -0.4 is 0 Å². The molecule has 0 saturated carbocycles. The first-order chi connectivity index (χ1) is 5.07. The molecule has 64 valence electrons. The number of rotatable bonds is 4. The Bertz CT molecular complexity index is 160. The van der Waals surface area contributed by atoms with Crippen LogP contribution in [0.2, 0.25) is 0 Å². The second-order valence-corrected chi connectivity index (χ2v) is 2.88. The Labute approximate surface area is 73.3 Å². The lowest BCUT2D eigenvalue weighted by atomic mass is 10.4. The van der Waals surface area contributed by atoms with E-state index in [1.807, 2.05) is 0 Å². The van der Waals surface area contributed by atoms with Crippen molar-refractivity contribution in [1.29, 1.82) is 0 Å². The van der Waals surface area contributed by atoms with E-state index in [0.717, 1.165) is 0 Å². The zero-order chi connectivity index (χ0) is 8.85. The molecule has 0 bridgehead atoms. The number of carboxylic acid groups (broad SMARTS) is 1. The van der Waals surface area contributed by atoms with Crippen molar-refractivity contribution in [3.8, 4) is 0 Å². The Kier molecular flexibility index (Phi) is 4.85. The number of hydrogen-bond acceptors (Lipinski definition) is 2. The first kappa shape index (κ1) is 10.4. The molecular weight excluding hydrogens is 214 g/mol. The standard InChI is InChI=1S/C6H10BrNO3/c1-8(4-6(10)11)5(9)2-3-7/h2-4H2,1H3,(H,10,11). The van der Waals surface area contributed by atoms with Crippen LogP contribution >= 0.6 is 15.9 Å². The number of alkyl halides is 1. The lowest BCUT2D eigenvalue weighted by molar-refractivity contribution is -0.143. The summed E-state index contributed by atoms with van der Waals surface area (Å²) in [6.07, 6.45) is 0.337. The molecule has 1 amide bonds. The average molecular weight is 224 g/mol. The van der Waals surface area contributed by atoms with E-state index in [9.17, 15) is 9.59 Å². The highest BCUT2D eigenvalue weighted by atomic mass is 79.9. The predicted molar refractivity (Wildman–Crippen MR) is 43.7 cm³/mol. The fraction of sp³-hybridized carbons (Fsp3) is 0.667. The normalized spacial score (nSPS) is 9.27. The van der Waals surface area contributed by atoms with Crippen molar-refractivity contribution in [2.75, 3.05) is 18.9 Å². The second kappa shape index (κ2) is 5.12. The van der Waals surface area contributed by atoms with Crippen molar-refractivity contribution in [1.82, 2.24) is 4.90 Å². The Balaban J connectivity index is 3.73. The molecule has 0 radical (unpaired) electrons. The molecule has 0 rings (SSSR count). The summed E-state index contributed by atoms with van der Waals surface area (Å²) in [6, 6.07) is 0. The molecule has 0 fully saturated rings. The lowest BCUT2D eigenvalue weighted by Gasteiger charge is -2.12. The Morgan fingerprint density at radius 3 is 2.45 bits per heavy atom. The summed E-state index contributed by atoms with van der Waals surface area (Å²) in [7, 11) is 1.47. The van der Waals surface area contributed by atoms with Gasteiger partial charge in [-0.2, -0.15) is 0 Å². The molecule has 0 aliphatic heterocycles. The highest BCUT2D eigenvalue weighted by Crippen LogP contribution is 1.93. The summed E-state index contributed by atoms with van der Waals surface area (Å²) in [4.78, 5) is 22.2. The first-order valence-electron chi connectivity index (χ1n) is 3.09.